The van der Waals surface area contributed by atoms with Crippen LogP contribution in [-0.2, 0) is 16.8 Å². The molecule has 0 aliphatic carbocycles. The van der Waals surface area contributed by atoms with Crippen molar-refractivity contribution in [1.82, 2.24) is 25.0 Å². The summed E-state index contributed by atoms with van der Waals surface area (Å²) in [5, 5.41) is 5.10. The predicted molar refractivity (Wildman–Crippen MR) is 117 cm³/mol. The van der Waals surface area contributed by atoms with Gasteiger partial charge in [0.25, 0.3) is 0 Å². The average Bonchev–Trinajstić information content (AvgIpc) is 3.51. The van der Waals surface area contributed by atoms with Crippen molar-refractivity contribution in [2.24, 2.45) is 0 Å². The van der Waals surface area contributed by atoms with E-state index in [-0.39, 0.29) is 12.7 Å². The molecule has 8 nitrogen and oxygen atoms in total. The molecule has 1 amide bonds. The molecule has 9 heteroatoms. The maximum Gasteiger partial charge on any atom is 0.410 e. The summed E-state index contributed by atoms with van der Waals surface area (Å²) in [7, 11) is 0. The summed E-state index contributed by atoms with van der Waals surface area (Å²) < 4.78 is 12.0. The normalized spacial score (nSPS) is 18.6. The van der Waals surface area contributed by atoms with Gasteiger partial charge < -0.3 is 19.1 Å². The Labute approximate surface area is 186 Å². The van der Waals surface area contributed by atoms with Gasteiger partial charge in [-0.2, -0.15) is 4.98 Å². The van der Waals surface area contributed by atoms with E-state index in [1.54, 1.807) is 11.1 Å². The molecule has 4 heterocycles. The topological polar surface area (TPSA) is 97.1 Å². The molecule has 0 unspecified atom stereocenters. The van der Waals surface area contributed by atoms with Crippen molar-refractivity contribution < 1.29 is 14.1 Å². The van der Waals surface area contributed by atoms with Gasteiger partial charge in [-0.3, -0.25) is 0 Å². The Morgan fingerprint density at radius 3 is 3.03 bits per heavy atom. The van der Waals surface area contributed by atoms with Crippen LogP contribution in [0.1, 0.15) is 24.8 Å². The fourth-order valence-electron chi connectivity index (χ4n) is 3.84. The van der Waals surface area contributed by atoms with Crippen molar-refractivity contribution in [3.05, 3.63) is 64.7 Å². The van der Waals surface area contributed by atoms with Crippen molar-refractivity contribution >= 4 is 33.1 Å². The van der Waals surface area contributed by atoms with Gasteiger partial charge in [-0.15, -0.1) is 0 Å². The molecule has 0 radical (unpaired) electrons. The number of H-pyrrole nitrogens is 1. The van der Waals surface area contributed by atoms with E-state index in [1.165, 1.54) is 0 Å². The van der Waals surface area contributed by atoms with Crippen LogP contribution < -0.4 is 0 Å². The number of aromatic amines is 1. The van der Waals surface area contributed by atoms with Crippen LogP contribution in [0.5, 0.6) is 0 Å². The van der Waals surface area contributed by atoms with E-state index < -0.39 is 5.41 Å². The lowest BCUT2D eigenvalue weighted by atomic mass is 9.90. The van der Waals surface area contributed by atoms with E-state index in [2.05, 4.69) is 36.0 Å². The number of amides is 1. The van der Waals surface area contributed by atoms with E-state index in [9.17, 15) is 4.79 Å². The fourth-order valence-corrected chi connectivity index (χ4v) is 4.17. The average molecular weight is 482 g/mol. The summed E-state index contributed by atoms with van der Waals surface area (Å²) in [5.74, 6) is 1.01. The quantitative estimate of drug-likeness (QED) is 0.454. The molecule has 0 saturated carbocycles. The molecule has 1 fully saturated rings. The zero-order chi connectivity index (χ0) is 21.4. The summed E-state index contributed by atoms with van der Waals surface area (Å²) in [5.41, 5.74) is 2.10. The number of ether oxygens (including phenoxy) is 1. The first-order valence-corrected chi connectivity index (χ1v) is 10.7. The van der Waals surface area contributed by atoms with Gasteiger partial charge in [0.1, 0.15) is 12.3 Å². The maximum absolute atomic E-state index is 12.5. The van der Waals surface area contributed by atoms with Crippen LogP contribution in [0.3, 0.4) is 0 Å². The van der Waals surface area contributed by atoms with Crippen molar-refractivity contribution in [3.8, 4) is 11.4 Å². The monoisotopic (exact) mass is 481 g/mol. The number of halogens is 1. The van der Waals surface area contributed by atoms with Gasteiger partial charge >= 0.3 is 6.09 Å². The largest absolute Gasteiger partial charge is 0.445 e. The highest BCUT2D eigenvalue weighted by Crippen LogP contribution is 2.35. The number of pyridine rings is 1. The summed E-state index contributed by atoms with van der Waals surface area (Å²) in [4.78, 5) is 26.4. The molecular formula is C22H20BrN5O3. The zero-order valence-corrected chi connectivity index (χ0v) is 18.4. The molecule has 4 aromatic rings. The molecular weight excluding hydrogens is 462 g/mol. The lowest BCUT2D eigenvalue weighted by Gasteiger charge is -2.20. The highest BCUT2D eigenvalue weighted by atomic mass is 79.9. The molecule has 3 aromatic heterocycles. The third-order valence-electron chi connectivity index (χ3n) is 5.62. The fraction of sp³-hybridized carbons (Fsp3) is 0.273. The Morgan fingerprint density at radius 2 is 2.19 bits per heavy atom. The summed E-state index contributed by atoms with van der Waals surface area (Å²) >= 11 is 3.45. The summed E-state index contributed by atoms with van der Waals surface area (Å²) in [6.07, 6.45) is 3.94. The number of hydrogen-bond donors (Lipinski definition) is 1. The van der Waals surface area contributed by atoms with Crippen LogP contribution in [0.4, 0.5) is 4.79 Å². The van der Waals surface area contributed by atoms with Crippen LogP contribution in [0, 0.1) is 0 Å². The van der Waals surface area contributed by atoms with E-state index in [0.29, 0.717) is 24.8 Å². The lowest BCUT2D eigenvalue weighted by molar-refractivity contribution is 0.102. The molecule has 1 atom stereocenters. The van der Waals surface area contributed by atoms with Crippen molar-refractivity contribution in [2.75, 3.05) is 13.1 Å². The third kappa shape index (κ3) is 3.81. The van der Waals surface area contributed by atoms with Gasteiger partial charge in [0.15, 0.2) is 0 Å². The van der Waals surface area contributed by atoms with Crippen LogP contribution in [0.15, 0.2) is 57.8 Å². The highest BCUT2D eigenvalue weighted by molar-refractivity contribution is 9.10. The second-order valence-corrected chi connectivity index (χ2v) is 8.86. The molecule has 1 aliphatic heterocycles. The number of benzene rings is 1. The van der Waals surface area contributed by atoms with Crippen molar-refractivity contribution in [2.45, 2.75) is 25.4 Å². The minimum Gasteiger partial charge on any atom is -0.445 e. The number of carbonyl (C=O) groups is 1. The van der Waals surface area contributed by atoms with Gasteiger partial charge in [0, 0.05) is 40.9 Å². The SMILES string of the molecule is C[C@]1(c2nc(-c3c[nH]c4ncc(Br)cc34)no2)CCN(C(=O)OCc2ccccc2)C1. The molecule has 1 saturated heterocycles. The van der Waals surface area contributed by atoms with Gasteiger partial charge in [0.05, 0.1) is 5.41 Å². The van der Waals surface area contributed by atoms with E-state index in [4.69, 9.17) is 9.26 Å². The van der Waals surface area contributed by atoms with E-state index in [1.807, 2.05) is 49.5 Å². The molecule has 31 heavy (non-hydrogen) atoms. The minimum absolute atomic E-state index is 0.252. The number of fused-ring (bicyclic) bond motifs is 1. The van der Waals surface area contributed by atoms with E-state index in [0.717, 1.165) is 33.1 Å². The second kappa shape index (κ2) is 7.81. The van der Waals surface area contributed by atoms with Crippen molar-refractivity contribution in [1.29, 1.82) is 0 Å². The first-order chi connectivity index (χ1) is 15.0. The molecule has 1 aromatic carbocycles. The number of carbonyl (C=O) groups excluding carboxylic acids is 1. The Hall–Kier alpha value is -3.20. The summed E-state index contributed by atoms with van der Waals surface area (Å²) in [6, 6.07) is 11.6. The standard InChI is InChI=1S/C22H20BrN5O3/c1-22(7-8-28(13-22)21(29)30-12-14-5-3-2-4-6-14)20-26-19(27-31-20)17-11-25-18-16(17)9-15(23)10-24-18/h2-6,9-11H,7-8,12-13H2,1H3,(H,24,25)/t22-/m0/s1. The first-order valence-electron chi connectivity index (χ1n) is 9.95. The molecule has 0 spiro atoms. The number of rotatable bonds is 4. The number of hydrogen-bond acceptors (Lipinski definition) is 6. The Kier molecular flexibility index (Phi) is 4.97. The van der Waals surface area contributed by atoms with Crippen LogP contribution in [0.25, 0.3) is 22.4 Å². The number of likely N-dealkylation sites (tertiary alicyclic amines) is 1. The van der Waals surface area contributed by atoms with Crippen LogP contribution in [0.2, 0.25) is 0 Å². The zero-order valence-electron chi connectivity index (χ0n) is 16.8. The Morgan fingerprint density at radius 1 is 1.35 bits per heavy atom. The molecule has 5 rings (SSSR count). The highest BCUT2D eigenvalue weighted by Gasteiger charge is 2.42. The lowest BCUT2D eigenvalue weighted by Crippen LogP contribution is -2.33. The molecule has 1 aliphatic rings. The smallest absolute Gasteiger partial charge is 0.410 e. The van der Waals surface area contributed by atoms with Crippen LogP contribution in [-0.4, -0.2) is 44.2 Å². The number of nitrogens with one attached hydrogen (secondary N) is 1. The van der Waals surface area contributed by atoms with Gasteiger partial charge in [-0.1, -0.05) is 35.5 Å². The molecule has 158 valence electrons. The molecule has 0 bridgehead atoms. The van der Waals surface area contributed by atoms with Crippen molar-refractivity contribution in [3.63, 3.8) is 0 Å². The Balaban J connectivity index is 1.30. The van der Waals surface area contributed by atoms with Gasteiger partial charge in [-0.25, -0.2) is 9.78 Å². The Bertz CT molecular complexity index is 1240. The number of nitrogens with zero attached hydrogens (tertiary/aromatic N) is 4. The maximum atomic E-state index is 12.5. The number of aromatic nitrogens is 4. The minimum atomic E-state index is -0.429. The predicted octanol–water partition coefficient (Wildman–Crippen LogP) is 4.68. The van der Waals surface area contributed by atoms with Gasteiger partial charge in [-0.05, 0) is 40.9 Å². The summed E-state index contributed by atoms with van der Waals surface area (Å²) in [6.45, 7) is 3.32. The second-order valence-electron chi connectivity index (χ2n) is 7.95. The van der Waals surface area contributed by atoms with Gasteiger partial charge in [0.2, 0.25) is 11.7 Å². The van der Waals surface area contributed by atoms with E-state index >= 15 is 0 Å². The third-order valence-corrected chi connectivity index (χ3v) is 6.05. The first kappa shape index (κ1) is 19.7. The molecule has 1 N–H and O–H groups in total. The van der Waals surface area contributed by atoms with Crippen LogP contribution >= 0.6 is 15.9 Å².